The molecule has 0 saturated heterocycles. The van der Waals surface area contributed by atoms with Crippen LogP contribution in [0.15, 0.2) is 41.8 Å². The zero-order chi connectivity index (χ0) is 9.64. The quantitative estimate of drug-likeness (QED) is 0.765. The van der Waals surface area contributed by atoms with Crippen molar-refractivity contribution in [2.24, 2.45) is 0 Å². The Labute approximate surface area is 87.3 Å². The van der Waals surface area contributed by atoms with Gasteiger partial charge < -0.3 is 4.74 Å². The van der Waals surface area contributed by atoms with Crippen LogP contribution in [0.3, 0.4) is 0 Å². The minimum Gasteiger partial charge on any atom is -0.370 e. The van der Waals surface area contributed by atoms with E-state index in [1.54, 1.807) is 0 Å². The second-order valence-electron chi connectivity index (χ2n) is 2.97. The van der Waals surface area contributed by atoms with E-state index in [0.717, 1.165) is 5.69 Å². The maximum atomic E-state index is 5.51. The summed E-state index contributed by atoms with van der Waals surface area (Å²) in [7, 11) is 0. The third-order valence-electron chi connectivity index (χ3n) is 1.85. The van der Waals surface area contributed by atoms with Crippen LogP contribution >= 0.6 is 11.5 Å². The number of nitrogens with zero attached hydrogens (tertiary/aromatic N) is 1. The van der Waals surface area contributed by atoms with Gasteiger partial charge in [0.2, 0.25) is 0 Å². The lowest BCUT2D eigenvalue weighted by Gasteiger charge is -2.01. The molecule has 0 bridgehead atoms. The van der Waals surface area contributed by atoms with Crippen LogP contribution in [0.4, 0.5) is 0 Å². The Morgan fingerprint density at radius 2 is 1.93 bits per heavy atom. The first-order valence-corrected chi connectivity index (χ1v) is 5.30. The highest BCUT2D eigenvalue weighted by Crippen LogP contribution is 2.05. The van der Waals surface area contributed by atoms with Crippen LogP contribution in [0.5, 0.6) is 0 Å². The molecule has 1 aromatic heterocycles. The van der Waals surface area contributed by atoms with Crippen molar-refractivity contribution < 1.29 is 4.74 Å². The van der Waals surface area contributed by atoms with Gasteiger partial charge in [0.25, 0.3) is 0 Å². The van der Waals surface area contributed by atoms with Crippen LogP contribution < -0.4 is 0 Å². The summed E-state index contributed by atoms with van der Waals surface area (Å²) in [5.74, 6) is 0. The third kappa shape index (κ3) is 2.65. The molecule has 1 aromatic carbocycles. The number of rotatable bonds is 4. The van der Waals surface area contributed by atoms with Crippen molar-refractivity contribution in [1.29, 1.82) is 0 Å². The molecule has 0 atom stereocenters. The average molecular weight is 205 g/mol. The third-order valence-corrected chi connectivity index (χ3v) is 2.45. The first kappa shape index (κ1) is 9.37. The van der Waals surface area contributed by atoms with Crippen molar-refractivity contribution in [3.05, 3.63) is 53.0 Å². The van der Waals surface area contributed by atoms with E-state index in [9.17, 15) is 0 Å². The summed E-state index contributed by atoms with van der Waals surface area (Å²) < 4.78 is 9.67. The summed E-state index contributed by atoms with van der Waals surface area (Å²) in [6, 6.07) is 12.1. The average Bonchev–Trinajstić information content (AvgIpc) is 2.72. The smallest absolute Gasteiger partial charge is 0.0903 e. The van der Waals surface area contributed by atoms with E-state index >= 15 is 0 Å². The Morgan fingerprint density at radius 3 is 2.64 bits per heavy atom. The van der Waals surface area contributed by atoms with Crippen molar-refractivity contribution in [3.63, 3.8) is 0 Å². The summed E-state index contributed by atoms with van der Waals surface area (Å²) >= 11 is 1.46. The monoisotopic (exact) mass is 205 g/mol. The number of hydrogen-bond donors (Lipinski definition) is 0. The van der Waals surface area contributed by atoms with E-state index in [1.165, 1.54) is 17.1 Å². The fourth-order valence-corrected chi connectivity index (χ4v) is 1.69. The molecule has 0 N–H and O–H groups in total. The zero-order valence-corrected chi connectivity index (χ0v) is 8.54. The molecular formula is C11H11NOS. The molecule has 0 amide bonds. The van der Waals surface area contributed by atoms with E-state index < -0.39 is 0 Å². The van der Waals surface area contributed by atoms with Crippen molar-refractivity contribution in [1.82, 2.24) is 4.37 Å². The van der Waals surface area contributed by atoms with Crippen LogP contribution in [-0.2, 0) is 18.0 Å². The van der Waals surface area contributed by atoms with E-state index in [1.807, 2.05) is 29.6 Å². The van der Waals surface area contributed by atoms with Crippen LogP contribution in [0, 0.1) is 0 Å². The summed E-state index contributed by atoms with van der Waals surface area (Å²) in [4.78, 5) is 0. The summed E-state index contributed by atoms with van der Waals surface area (Å²) in [6.07, 6.45) is 0. The lowest BCUT2D eigenvalue weighted by atomic mass is 10.2. The van der Waals surface area contributed by atoms with Gasteiger partial charge in [-0.2, -0.15) is 4.37 Å². The molecule has 0 unspecified atom stereocenters. The predicted octanol–water partition coefficient (Wildman–Crippen LogP) is 2.86. The first-order chi connectivity index (χ1) is 6.95. The maximum Gasteiger partial charge on any atom is 0.0903 e. The Hall–Kier alpha value is -1.19. The van der Waals surface area contributed by atoms with Crippen molar-refractivity contribution >= 4 is 11.5 Å². The van der Waals surface area contributed by atoms with Gasteiger partial charge in [0, 0.05) is 5.38 Å². The second kappa shape index (κ2) is 4.88. The SMILES string of the molecule is c1ccc(COCc2ccsn2)cc1. The maximum absolute atomic E-state index is 5.51. The molecule has 0 fully saturated rings. The fraction of sp³-hybridized carbons (Fsp3) is 0.182. The normalized spacial score (nSPS) is 10.3. The van der Waals surface area contributed by atoms with Gasteiger partial charge in [-0.3, -0.25) is 0 Å². The van der Waals surface area contributed by atoms with Gasteiger partial charge in [-0.05, 0) is 23.2 Å². The first-order valence-electron chi connectivity index (χ1n) is 4.46. The molecular weight excluding hydrogens is 194 g/mol. The zero-order valence-electron chi connectivity index (χ0n) is 7.72. The van der Waals surface area contributed by atoms with E-state index in [-0.39, 0.29) is 0 Å². The van der Waals surface area contributed by atoms with Crippen molar-refractivity contribution in [2.45, 2.75) is 13.2 Å². The van der Waals surface area contributed by atoms with Crippen LogP contribution in [0.2, 0.25) is 0 Å². The van der Waals surface area contributed by atoms with E-state index in [2.05, 4.69) is 16.5 Å². The second-order valence-corrected chi connectivity index (χ2v) is 3.63. The Balaban J connectivity index is 1.79. The Kier molecular flexibility index (Phi) is 3.27. The molecule has 1 heterocycles. The van der Waals surface area contributed by atoms with Gasteiger partial charge in [-0.1, -0.05) is 30.3 Å². The van der Waals surface area contributed by atoms with E-state index in [4.69, 9.17) is 4.74 Å². The lowest BCUT2D eigenvalue weighted by molar-refractivity contribution is 0.105. The Morgan fingerprint density at radius 1 is 1.07 bits per heavy atom. The highest BCUT2D eigenvalue weighted by atomic mass is 32.1. The van der Waals surface area contributed by atoms with Crippen LogP contribution in [-0.4, -0.2) is 4.37 Å². The van der Waals surface area contributed by atoms with Gasteiger partial charge in [0.1, 0.15) is 0 Å². The van der Waals surface area contributed by atoms with Gasteiger partial charge in [0.15, 0.2) is 0 Å². The molecule has 0 radical (unpaired) electrons. The summed E-state index contributed by atoms with van der Waals surface area (Å²) in [5, 5.41) is 1.96. The molecule has 0 aliphatic carbocycles. The van der Waals surface area contributed by atoms with Gasteiger partial charge in [-0.25, -0.2) is 0 Å². The minimum absolute atomic E-state index is 0.596. The molecule has 2 nitrogen and oxygen atoms in total. The topological polar surface area (TPSA) is 22.1 Å². The van der Waals surface area contributed by atoms with Crippen LogP contribution in [0.25, 0.3) is 0 Å². The van der Waals surface area contributed by atoms with Crippen LogP contribution in [0.1, 0.15) is 11.3 Å². The highest BCUT2D eigenvalue weighted by molar-refractivity contribution is 7.03. The number of aromatic nitrogens is 1. The standard InChI is InChI=1S/C11H11NOS/c1-2-4-10(5-3-1)8-13-9-11-6-7-14-12-11/h1-7H,8-9H2. The molecule has 0 spiro atoms. The molecule has 3 heteroatoms. The molecule has 0 saturated carbocycles. The highest BCUT2D eigenvalue weighted by Gasteiger charge is 1.95. The fourth-order valence-electron chi connectivity index (χ4n) is 1.16. The minimum atomic E-state index is 0.596. The predicted molar refractivity (Wildman–Crippen MR) is 57.0 cm³/mol. The van der Waals surface area contributed by atoms with Gasteiger partial charge in [0.05, 0.1) is 18.9 Å². The van der Waals surface area contributed by atoms with Gasteiger partial charge >= 0.3 is 0 Å². The van der Waals surface area contributed by atoms with Crippen molar-refractivity contribution in [2.75, 3.05) is 0 Å². The molecule has 72 valence electrons. The molecule has 0 aliphatic rings. The van der Waals surface area contributed by atoms with E-state index in [0.29, 0.717) is 13.2 Å². The summed E-state index contributed by atoms with van der Waals surface area (Å²) in [6.45, 7) is 1.25. The molecule has 2 rings (SSSR count). The molecule has 0 aliphatic heterocycles. The number of ether oxygens (including phenoxy) is 1. The Bertz CT molecular complexity index is 358. The number of benzene rings is 1. The molecule has 2 aromatic rings. The number of hydrogen-bond acceptors (Lipinski definition) is 3. The van der Waals surface area contributed by atoms with Gasteiger partial charge in [-0.15, -0.1) is 0 Å². The summed E-state index contributed by atoms with van der Waals surface area (Å²) in [5.41, 5.74) is 2.20. The van der Waals surface area contributed by atoms with Crippen molar-refractivity contribution in [3.8, 4) is 0 Å². The lowest BCUT2D eigenvalue weighted by Crippen LogP contribution is -1.93. The molecule has 14 heavy (non-hydrogen) atoms. The largest absolute Gasteiger partial charge is 0.370 e.